The summed E-state index contributed by atoms with van der Waals surface area (Å²) in [5.74, 6) is 0.625. The Morgan fingerprint density at radius 1 is 1.16 bits per heavy atom. The van der Waals surface area contributed by atoms with Gasteiger partial charge < -0.3 is 5.32 Å². The van der Waals surface area contributed by atoms with E-state index >= 15 is 0 Å². The quantitative estimate of drug-likeness (QED) is 0.886. The van der Waals surface area contributed by atoms with Crippen molar-refractivity contribution in [1.29, 1.82) is 0 Å². The lowest BCUT2D eigenvalue weighted by atomic mass is 9.78. The van der Waals surface area contributed by atoms with Gasteiger partial charge in [0.15, 0.2) is 0 Å². The molecular formula is C18H24N4O3. The molecule has 2 atom stereocenters. The fourth-order valence-electron chi connectivity index (χ4n) is 3.79. The second-order valence-corrected chi connectivity index (χ2v) is 7.19. The predicted molar refractivity (Wildman–Crippen MR) is 95.7 cm³/mol. The highest BCUT2D eigenvalue weighted by Crippen LogP contribution is 2.29. The topological polar surface area (TPSA) is 86.0 Å². The van der Waals surface area contributed by atoms with Gasteiger partial charge in [0.05, 0.1) is 10.9 Å². The second kappa shape index (κ2) is 6.46. The Labute approximate surface area is 145 Å². The van der Waals surface area contributed by atoms with E-state index in [1.54, 1.807) is 7.05 Å². The number of amides is 1. The molecule has 2 aromatic heterocycles. The third-order valence-electron chi connectivity index (χ3n) is 5.40. The maximum absolute atomic E-state index is 12.7. The zero-order valence-corrected chi connectivity index (χ0v) is 15.1. The first-order valence-electron chi connectivity index (χ1n) is 8.68. The maximum atomic E-state index is 12.7. The summed E-state index contributed by atoms with van der Waals surface area (Å²) in [6.07, 6.45) is 4.83. The van der Waals surface area contributed by atoms with Gasteiger partial charge in [0, 0.05) is 26.3 Å². The van der Waals surface area contributed by atoms with Gasteiger partial charge in [0.2, 0.25) is 0 Å². The normalized spacial score (nSPS) is 23.6. The molecule has 0 bridgehead atoms. The molecule has 0 spiro atoms. The molecule has 1 fully saturated rings. The summed E-state index contributed by atoms with van der Waals surface area (Å²) >= 11 is 0. The van der Waals surface area contributed by atoms with Crippen LogP contribution in [0.3, 0.4) is 0 Å². The number of nitrogens with one attached hydrogen (secondary N) is 1. The van der Waals surface area contributed by atoms with Gasteiger partial charge in [0.25, 0.3) is 11.5 Å². The summed E-state index contributed by atoms with van der Waals surface area (Å²) in [5, 5.41) is 3.37. The number of nitrogens with zero attached hydrogens (tertiary/aromatic N) is 3. The molecule has 2 unspecified atom stereocenters. The molecule has 7 nitrogen and oxygen atoms in total. The van der Waals surface area contributed by atoms with Crippen LogP contribution in [-0.4, -0.2) is 26.1 Å². The Bertz CT molecular complexity index is 934. The number of hydrogen-bond acceptors (Lipinski definition) is 4. The summed E-state index contributed by atoms with van der Waals surface area (Å²) in [6.45, 7) is 4.32. The Morgan fingerprint density at radius 2 is 1.80 bits per heavy atom. The van der Waals surface area contributed by atoms with E-state index in [2.05, 4.69) is 24.1 Å². The van der Waals surface area contributed by atoms with Crippen molar-refractivity contribution in [1.82, 2.24) is 19.4 Å². The minimum Gasteiger partial charge on any atom is -0.349 e. The van der Waals surface area contributed by atoms with Crippen molar-refractivity contribution < 1.29 is 4.79 Å². The van der Waals surface area contributed by atoms with Crippen LogP contribution in [0.5, 0.6) is 0 Å². The van der Waals surface area contributed by atoms with Gasteiger partial charge in [-0.2, -0.15) is 0 Å². The third kappa shape index (κ3) is 2.99. The van der Waals surface area contributed by atoms with E-state index in [0.29, 0.717) is 17.4 Å². The molecular weight excluding hydrogens is 320 g/mol. The molecule has 1 N–H and O–H groups in total. The number of rotatable bonds is 2. The SMILES string of the molecule is CC1CCCC(C)C1NC(=O)c1cnc2c(c1)c(=O)n(C)c(=O)n2C. The second-order valence-electron chi connectivity index (χ2n) is 7.19. The number of carbonyl (C=O) groups is 1. The van der Waals surface area contributed by atoms with Crippen LogP contribution in [0.15, 0.2) is 21.9 Å². The van der Waals surface area contributed by atoms with Crippen molar-refractivity contribution in [2.45, 2.75) is 39.2 Å². The number of aromatic nitrogens is 3. The Kier molecular flexibility index (Phi) is 4.49. The lowest BCUT2D eigenvalue weighted by molar-refractivity contribution is 0.0880. The molecule has 1 aliphatic carbocycles. The standard InChI is InChI=1S/C18H24N4O3/c1-10-6-5-7-11(2)14(10)20-16(23)12-8-13-15(19-9-12)21(3)18(25)22(4)17(13)24/h8-11,14H,5-7H2,1-4H3,(H,20,23). The van der Waals surface area contributed by atoms with Crippen LogP contribution in [0.1, 0.15) is 43.5 Å². The van der Waals surface area contributed by atoms with Crippen LogP contribution in [0.25, 0.3) is 11.0 Å². The predicted octanol–water partition coefficient (Wildman–Crippen LogP) is 1.19. The first-order valence-corrected chi connectivity index (χ1v) is 8.68. The van der Waals surface area contributed by atoms with E-state index in [-0.39, 0.29) is 23.0 Å². The van der Waals surface area contributed by atoms with E-state index in [9.17, 15) is 14.4 Å². The van der Waals surface area contributed by atoms with Crippen molar-refractivity contribution >= 4 is 16.9 Å². The van der Waals surface area contributed by atoms with Crippen molar-refractivity contribution in [3.05, 3.63) is 38.7 Å². The van der Waals surface area contributed by atoms with Gasteiger partial charge in [0.1, 0.15) is 5.65 Å². The molecule has 134 valence electrons. The van der Waals surface area contributed by atoms with E-state index in [1.807, 2.05) is 0 Å². The first-order chi connectivity index (χ1) is 11.8. The summed E-state index contributed by atoms with van der Waals surface area (Å²) in [7, 11) is 2.98. The van der Waals surface area contributed by atoms with Gasteiger partial charge >= 0.3 is 5.69 Å². The summed E-state index contributed by atoms with van der Waals surface area (Å²) in [4.78, 5) is 41.2. The lowest BCUT2D eigenvalue weighted by Gasteiger charge is -2.35. The van der Waals surface area contributed by atoms with Crippen LogP contribution >= 0.6 is 0 Å². The maximum Gasteiger partial charge on any atom is 0.332 e. The molecule has 1 saturated carbocycles. The first kappa shape index (κ1) is 17.4. The highest BCUT2D eigenvalue weighted by Gasteiger charge is 2.29. The van der Waals surface area contributed by atoms with Crippen LogP contribution in [0.2, 0.25) is 0 Å². The van der Waals surface area contributed by atoms with Gasteiger partial charge in [-0.3, -0.25) is 18.7 Å². The number of hydrogen-bond donors (Lipinski definition) is 1. The van der Waals surface area contributed by atoms with E-state index in [1.165, 1.54) is 30.3 Å². The molecule has 3 rings (SSSR count). The van der Waals surface area contributed by atoms with Crippen molar-refractivity contribution in [3.8, 4) is 0 Å². The Balaban J connectivity index is 1.98. The molecule has 0 radical (unpaired) electrons. The number of pyridine rings is 1. The monoisotopic (exact) mass is 344 g/mol. The zero-order valence-electron chi connectivity index (χ0n) is 15.1. The fraction of sp³-hybridized carbons (Fsp3) is 0.556. The Hall–Kier alpha value is -2.44. The molecule has 1 aliphatic rings. The van der Waals surface area contributed by atoms with Crippen molar-refractivity contribution in [2.75, 3.05) is 0 Å². The van der Waals surface area contributed by atoms with E-state index in [0.717, 1.165) is 17.4 Å². The van der Waals surface area contributed by atoms with Crippen molar-refractivity contribution in [3.63, 3.8) is 0 Å². The molecule has 0 saturated heterocycles. The third-order valence-corrected chi connectivity index (χ3v) is 5.40. The van der Waals surface area contributed by atoms with Crippen LogP contribution in [0.4, 0.5) is 0 Å². The number of carbonyl (C=O) groups excluding carboxylic acids is 1. The van der Waals surface area contributed by atoms with Crippen molar-refractivity contribution in [2.24, 2.45) is 25.9 Å². The van der Waals surface area contributed by atoms with Gasteiger partial charge in [-0.1, -0.05) is 20.3 Å². The average molecular weight is 344 g/mol. The van der Waals surface area contributed by atoms with Gasteiger partial charge in [-0.25, -0.2) is 9.78 Å². The van der Waals surface area contributed by atoms with Crippen LogP contribution in [0, 0.1) is 11.8 Å². The van der Waals surface area contributed by atoms with Gasteiger partial charge in [-0.05, 0) is 30.7 Å². The Morgan fingerprint density at radius 3 is 2.44 bits per heavy atom. The molecule has 7 heteroatoms. The molecule has 0 aromatic carbocycles. The number of fused-ring (bicyclic) bond motifs is 1. The molecule has 2 aromatic rings. The molecule has 25 heavy (non-hydrogen) atoms. The smallest absolute Gasteiger partial charge is 0.332 e. The zero-order chi connectivity index (χ0) is 18.3. The lowest BCUT2D eigenvalue weighted by Crippen LogP contribution is -2.45. The molecule has 2 heterocycles. The highest BCUT2D eigenvalue weighted by molar-refractivity contribution is 5.96. The van der Waals surface area contributed by atoms with E-state index in [4.69, 9.17) is 0 Å². The van der Waals surface area contributed by atoms with Gasteiger partial charge in [-0.15, -0.1) is 0 Å². The highest BCUT2D eigenvalue weighted by atomic mass is 16.2. The van der Waals surface area contributed by atoms with Crippen LogP contribution in [-0.2, 0) is 14.1 Å². The molecule has 0 aliphatic heterocycles. The van der Waals surface area contributed by atoms with E-state index < -0.39 is 11.2 Å². The number of aryl methyl sites for hydroxylation is 1. The fourth-order valence-corrected chi connectivity index (χ4v) is 3.79. The molecule has 1 amide bonds. The largest absolute Gasteiger partial charge is 0.349 e. The minimum atomic E-state index is -0.445. The summed E-state index contributed by atoms with van der Waals surface area (Å²) in [6, 6.07) is 1.65. The minimum absolute atomic E-state index is 0.125. The summed E-state index contributed by atoms with van der Waals surface area (Å²) in [5.41, 5.74) is -0.260. The summed E-state index contributed by atoms with van der Waals surface area (Å²) < 4.78 is 2.33. The van der Waals surface area contributed by atoms with Crippen LogP contribution < -0.4 is 16.6 Å². The average Bonchev–Trinajstić information content (AvgIpc) is 2.60.